The Kier molecular flexibility index (Phi) is 5.23. The van der Waals surface area contributed by atoms with Crippen molar-refractivity contribution in [1.29, 1.82) is 0 Å². The van der Waals surface area contributed by atoms with E-state index in [9.17, 15) is 9.59 Å². The van der Waals surface area contributed by atoms with E-state index in [1.165, 1.54) is 19.3 Å². The Balaban J connectivity index is 1.32. The van der Waals surface area contributed by atoms with Crippen LogP contribution < -0.4 is 10.1 Å². The lowest BCUT2D eigenvalue weighted by Crippen LogP contribution is -2.44. The summed E-state index contributed by atoms with van der Waals surface area (Å²) in [5, 5.41) is 2.87. The van der Waals surface area contributed by atoms with Crippen molar-refractivity contribution in [3.05, 3.63) is 54.1 Å². The molecule has 168 valence electrons. The minimum absolute atomic E-state index is 0.0377. The van der Waals surface area contributed by atoms with E-state index in [0.29, 0.717) is 31.3 Å². The molecule has 32 heavy (non-hydrogen) atoms. The van der Waals surface area contributed by atoms with Crippen LogP contribution in [0.3, 0.4) is 0 Å². The number of methoxy groups -OCH3 is 1. The maximum Gasteiger partial charge on any atom is 0.228 e. The van der Waals surface area contributed by atoms with Gasteiger partial charge in [0, 0.05) is 31.6 Å². The first-order chi connectivity index (χ1) is 15.5. The number of hydrogen-bond donors (Lipinski definition) is 1. The Hall–Kier alpha value is -2.82. The van der Waals surface area contributed by atoms with E-state index in [1.807, 2.05) is 29.2 Å². The molecule has 3 fully saturated rings. The van der Waals surface area contributed by atoms with Gasteiger partial charge in [0.15, 0.2) is 0 Å². The maximum atomic E-state index is 13.1. The fraction of sp³-hybridized carbons (Fsp3) is 0.481. The highest BCUT2D eigenvalue weighted by molar-refractivity contribution is 5.87. The zero-order chi connectivity index (χ0) is 22.3. The van der Waals surface area contributed by atoms with Gasteiger partial charge in [-0.2, -0.15) is 0 Å². The molecule has 2 aromatic carbocycles. The molecule has 5 rings (SSSR count). The van der Waals surface area contributed by atoms with E-state index >= 15 is 0 Å². The normalized spacial score (nSPS) is 25.3. The smallest absolute Gasteiger partial charge is 0.228 e. The Morgan fingerprint density at radius 2 is 1.84 bits per heavy atom. The molecule has 1 N–H and O–H groups in total. The highest BCUT2D eigenvalue weighted by atomic mass is 16.5. The molecule has 2 atom stereocenters. The number of carbonyl (C=O) groups is 2. The summed E-state index contributed by atoms with van der Waals surface area (Å²) in [6, 6.07) is 16.4. The summed E-state index contributed by atoms with van der Waals surface area (Å²) in [5.74, 6) is 1.37. The first kappa shape index (κ1) is 21.0. The van der Waals surface area contributed by atoms with Gasteiger partial charge in [-0.15, -0.1) is 0 Å². The summed E-state index contributed by atoms with van der Waals surface area (Å²) < 4.78 is 5.49. The number of para-hydroxylation sites is 1. The Bertz CT molecular complexity index is 1030. The average molecular weight is 433 g/mol. The molecule has 1 heterocycles. The van der Waals surface area contributed by atoms with Gasteiger partial charge in [-0.1, -0.05) is 48.9 Å². The standard InChI is InChI=1S/C27H32N2O3/c1-28-25(31)27(14-15-29(18-27)24(30)22-17-26(22)12-5-13-26)16-19-8-10-20(11-9-19)21-6-3-4-7-23(21)32-2/h3-4,6-11,22H,5,12-18H2,1-2H3,(H,28,31)/t22-,27-/m0/s1. The molecule has 0 aromatic heterocycles. The second kappa shape index (κ2) is 7.95. The number of benzene rings is 2. The third-order valence-electron chi connectivity index (χ3n) is 8.13. The molecule has 1 saturated heterocycles. The molecule has 3 aliphatic rings. The quantitative estimate of drug-likeness (QED) is 0.749. The maximum absolute atomic E-state index is 13.1. The molecule has 5 heteroatoms. The highest BCUT2D eigenvalue weighted by Gasteiger charge is 2.62. The van der Waals surface area contributed by atoms with Crippen molar-refractivity contribution in [2.45, 2.75) is 38.5 Å². The third-order valence-corrected chi connectivity index (χ3v) is 8.13. The molecule has 0 radical (unpaired) electrons. The molecule has 0 bridgehead atoms. The Morgan fingerprint density at radius 1 is 1.09 bits per heavy atom. The SMILES string of the molecule is CNC(=O)[C@]1(Cc2ccc(-c3ccccc3OC)cc2)CCN(C(=O)[C@@H]2CC23CCC3)C1. The zero-order valence-electron chi connectivity index (χ0n) is 19.0. The summed E-state index contributed by atoms with van der Waals surface area (Å²) in [7, 11) is 3.38. The van der Waals surface area contributed by atoms with Crippen LogP contribution in [0, 0.1) is 16.7 Å². The van der Waals surface area contributed by atoms with Crippen molar-refractivity contribution < 1.29 is 14.3 Å². The molecule has 5 nitrogen and oxygen atoms in total. The van der Waals surface area contributed by atoms with Crippen LogP contribution in [0.4, 0.5) is 0 Å². The number of rotatable bonds is 6. The van der Waals surface area contributed by atoms with Gasteiger partial charge >= 0.3 is 0 Å². The van der Waals surface area contributed by atoms with Crippen LogP contribution in [0.1, 0.15) is 37.7 Å². The van der Waals surface area contributed by atoms with Crippen LogP contribution in [0.5, 0.6) is 5.75 Å². The number of likely N-dealkylation sites (tertiary alicyclic amines) is 1. The van der Waals surface area contributed by atoms with Crippen LogP contribution in [0.2, 0.25) is 0 Å². The molecule has 1 aliphatic heterocycles. The van der Waals surface area contributed by atoms with Gasteiger partial charge in [-0.05, 0) is 54.7 Å². The number of nitrogens with zero attached hydrogens (tertiary/aromatic N) is 1. The summed E-state index contributed by atoms with van der Waals surface area (Å²) in [4.78, 5) is 28.1. The van der Waals surface area contributed by atoms with Crippen molar-refractivity contribution in [3.8, 4) is 16.9 Å². The van der Waals surface area contributed by atoms with E-state index in [0.717, 1.165) is 28.9 Å². The van der Waals surface area contributed by atoms with Crippen LogP contribution in [-0.2, 0) is 16.0 Å². The van der Waals surface area contributed by atoms with E-state index in [2.05, 4.69) is 29.6 Å². The topological polar surface area (TPSA) is 58.6 Å². The van der Waals surface area contributed by atoms with Gasteiger partial charge in [0.1, 0.15) is 5.75 Å². The fourth-order valence-electron chi connectivity index (χ4n) is 5.91. The molecule has 2 saturated carbocycles. The molecule has 0 unspecified atom stereocenters. The van der Waals surface area contributed by atoms with Crippen molar-refractivity contribution >= 4 is 11.8 Å². The number of nitrogens with one attached hydrogen (secondary N) is 1. The molecule has 2 aliphatic carbocycles. The van der Waals surface area contributed by atoms with Gasteiger partial charge in [0.05, 0.1) is 12.5 Å². The number of carbonyl (C=O) groups excluding carboxylic acids is 2. The second-order valence-corrected chi connectivity index (χ2v) is 9.92. The minimum Gasteiger partial charge on any atom is -0.496 e. The lowest BCUT2D eigenvalue weighted by Gasteiger charge is -2.30. The predicted molar refractivity (Wildman–Crippen MR) is 124 cm³/mol. The van der Waals surface area contributed by atoms with Crippen LogP contribution in [0.25, 0.3) is 11.1 Å². The lowest BCUT2D eigenvalue weighted by atomic mass is 9.79. The van der Waals surface area contributed by atoms with Crippen molar-refractivity contribution in [1.82, 2.24) is 10.2 Å². The molecular formula is C27H32N2O3. The Morgan fingerprint density at radius 3 is 2.47 bits per heavy atom. The van der Waals surface area contributed by atoms with Gasteiger partial charge in [-0.3, -0.25) is 9.59 Å². The molecule has 2 aromatic rings. The number of ether oxygens (including phenoxy) is 1. The van der Waals surface area contributed by atoms with E-state index < -0.39 is 5.41 Å². The highest BCUT2D eigenvalue weighted by Crippen LogP contribution is 2.66. The van der Waals surface area contributed by atoms with Crippen LogP contribution in [0.15, 0.2) is 48.5 Å². The largest absolute Gasteiger partial charge is 0.496 e. The van der Waals surface area contributed by atoms with Crippen molar-refractivity contribution in [2.24, 2.45) is 16.7 Å². The van der Waals surface area contributed by atoms with Crippen LogP contribution >= 0.6 is 0 Å². The summed E-state index contributed by atoms with van der Waals surface area (Å²) in [6.07, 6.45) is 6.08. The third kappa shape index (κ3) is 3.48. The Labute approximate surface area is 190 Å². The summed E-state index contributed by atoms with van der Waals surface area (Å²) in [5.41, 5.74) is 3.02. The van der Waals surface area contributed by atoms with Gasteiger partial charge in [-0.25, -0.2) is 0 Å². The number of amides is 2. The monoisotopic (exact) mass is 432 g/mol. The molecule has 2 amide bonds. The fourth-order valence-corrected chi connectivity index (χ4v) is 5.91. The predicted octanol–water partition coefficient (Wildman–Crippen LogP) is 4.06. The van der Waals surface area contributed by atoms with Gasteiger partial charge < -0.3 is 15.0 Å². The lowest BCUT2D eigenvalue weighted by molar-refractivity contribution is -0.134. The summed E-state index contributed by atoms with van der Waals surface area (Å²) >= 11 is 0. The first-order valence-corrected chi connectivity index (χ1v) is 11.7. The van der Waals surface area contributed by atoms with Gasteiger partial charge in [0.25, 0.3) is 0 Å². The second-order valence-electron chi connectivity index (χ2n) is 9.92. The van der Waals surface area contributed by atoms with Gasteiger partial charge in [0.2, 0.25) is 11.8 Å². The van der Waals surface area contributed by atoms with E-state index in [4.69, 9.17) is 4.74 Å². The van der Waals surface area contributed by atoms with E-state index in [1.54, 1.807) is 14.2 Å². The summed E-state index contributed by atoms with van der Waals surface area (Å²) in [6.45, 7) is 1.20. The molecular weight excluding hydrogens is 400 g/mol. The van der Waals surface area contributed by atoms with Crippen molar-refractivity contribution in [2.75, 3.05) is 27.2 Å². The van der Waals surface area contributed by atoms with Crippen LogP contribution in [-0.4, -0.2) is 44.0 Å². The van der Waals surface area contributed by atoms with E-state index in [-0.39, 0.29) is 17.7 Å². The van der Waals surface area contributed by atoms with Crippen molar-refractivity contribution in [3.63, 3.8) is 0 Å². The minimum atomic E-state index is -0.558. The first-order valence-electron chi connectivity index (χ1n) is 11.7. The zero-order valence-corrected chi connectivity index (χ0v) is 19.0. The average Bonchev–Trinajstić information content (AvgIpc) is 3.45. The number of hydrogen-bond acceptors (Lipinski definition) is 3. The molecule has 1 spiro atoms.